The number of benzene rings is 1. The number of hydrogen-bond donors (Lipinski definition) is 1. The van der Waals surface area contributed by atoms with Crippen molar-refractivity contribution < 1.29 is 19.1 Å². The molecule has 1 rings (SSSR count). The van der Waals surface area contributed by atoms with Crippen LogP contribution in [0.4, 0.5) is 4.79 Å². The van der Waals surface area contributed by atoms with E-state index >= 15 is 0 Å². The number of esters is 1. The predicted molar refractivity (Wildman–Crippen MR) is 65.9 cm³/mol. The summed E-state index contributed by atoms with van der Waals surface area (Å²) in [6.07, 6.45) is -0.202. The first kappa shape index (κ1) is 14.0. The molecule has 0 aliphatic carbocycles. The lowest BCUT2D eigenvalue weighted by Gasteiger charge is -2.13. The van der Waals surface area contributed by atoms with E-state index in [4.69, 9.17) is 4.74 Å². The number of carbonyl (C=O) groups is 2. The molecule has 5 nitrogen and oxygen atoms in total. The molecular formula is C13H17NO4. The van der Waals surface area contributed by atoms with E-state index in [-0.39, 0.29) is 12.8 Å². The monoisotopic (exact) mass is 251 g/mol. The zero-order valence-electron chi connectivity index (χ0n) is 10.5. The number of rotatable bonds is 5. The zero-order chi connectivity index (χ0) is 13.4. The highest BCUT2D eigenvalue weighted by Crippen LogP contribution is 2.05. The van der Waals surface area contributed by atoms with Gasteiger partial charge in [-0.1, -0.05) is 30.3 Å². The normalized spacial score (nSPS) is 11.4. The average molecular weight is 251 g/mol. The second-order valence-electron chi connectivity index (χ2n) is 3.86. The average Bonchev–Trinajstić information content (AvgIpc) is 2.29. The molecule has 1 aromatic carbocycles. The Hall–Kier alpha value is -2.04. The van der Waals surface area contributed by atoms with Crippen LogP contribution >= 0.6 is 0 Å². The Morgan fingerprint density at radius 2 is 1.94 bits per heavy atom. The third kappa shape index (κ3) is 5.89. The number of amides is 1. The third-order valence-corrected chi connectivity index (χ3v) is 2.17. The Morgan fingerprint density at radius 1 is 1.28 bits per heavy atom. The summed E-state index contributed by atoms with van der Waals surface area (Å²) in [7, 11) is 0. The fraction of sp³-hybridized carbons (Fsp3) is 0.385. The van der Waals surface area contributed by atoms with Gasteiger partial charge >= 0.3 is 12.1 Å². The van der Waals surface area contributed by atoms with Gasteiger partial charge in [0.25, 0.3) is 0 Å². The Kier molecular flexibility index (Phi) is 5.70. The van der Waals surface area contributed by atoms with Crippen molar-refractivity contribution in [2.24, 2.45) is 0 Å². The van der Waals surface area contributed by atoms with E-state index in [2.05, 4.69) is 10.1 Å². The lowest BCUT2D eigenvalue weighted by molar-refractivity contribution is -0.141. The van der Waals surface area contributed by atoms with Crippen LogP contribution in [-0.4, -0.2) is 24.9 Å². The topological polar surface area (TPSA) is 64.6 Å². The number of carbonyl (C=O) groups excluding carboxylic acids is 2. The van der Waals surface area contributed by atoms with Crippen LogP contribution in [0.5, 0.6) is 0 Å². The smallest absolute Gasteiger partial charge is 0.410 e. The molecule has 0 bridgehead atoms. The highest BCUT2D eigenvalue weighted by molar-refractivity contribution is 5.68. The summed E-state index contributed by atoms with van der Waals surface area (Å²) in [5, 5.41) is 2.33. The molecule has 0 saturated heterocycles. The molecule has 0 heterocycles. The molecule has 1 aromatic rings. The van der Waals surface area contributed by atoms with Gasteiger partial charge in [0.15, 0.2) is 6.73 Å². The third-order valence-electron chi connectivity index (χ3n) is 2.17. The van der Waals surface area contributed by atoms with Gasteiger partial charge in [-0.2, -0.15) is 0 Å². The minimum Gasteiger partial charge on any atom is -0.446 e. The van der Waals surface area contributed by atoms with E-state index < -0.39 is 12.1 Å². The minimum absolute atomic E-state index is 0.174. The summed E-state index contributed by atoms with van der Waals surface area (Å²) >= 11 is 0. The quantitative estimate of drug-likeness (QED) is 0.641. The summed E-state index contributed by atoms with van der Waals surface area (Å²) in [6, 6.07) is 9.74. The van der Waals surface area contributed by atoms with Gasteiger partial charge in [0.2, 0.25) is 0 Å². The van der Waals surface area contributed by atoms with Gasteiger partial charge in [0.05, 0.1) is 0 Å². The fourth-order valence-electron chi connectivity index (χ4n) is 1.41. The van der Waals surface area contributed by atoms with Crippen molar-refractivity contribution in [2.45, 2.75) is 26.4 Å². The van der Waals surface area contributed by atoms with Crippen LogP contribution in [0, 0.1) is 0 Å². The molecule has 0 fully saturated rings. The van der Waals surface area contributed by atoms with Crippen molar-refractivity contribution in [3.63, 3.8) is 0 Å². The largest absolute Gasteiger partial charge is 0.446 e. The second kappa shape index (κ2) is 7.32. The van der Waals surface area contributed by atoms with Crippen LogP contribution < -0.4 is 5.32 Å². The van der Waals surface area contributed by atoms with Gasteiger partial charge in [-0.15, -0.1) is 0 Å². The summed E-state index contributed by atoms with van der Waals surface area (Å²) in [5.74, 6) is -0.451. The van der Waals surface area contributed by atoms with Gasteiger partial charge in [0, 0.05) is 13.3 Å². The molecule has 0 saturated carbocycles. The standard InChI is InChI=1S/C13H17NO4/c1-10(8-12-6-4-3-5-7-12)18-13(16)14-9-17-11(2)15/h3-7,10H,8-9H2,1-2H3,(H,14,16). The fourth-order valence-corrected chi connectivity index (χ4v) is 1.41. The van der Waals surface area contributed by atoms with Gasteiger partial charge in [-0.05, 0) is 12.5 Å². The molecule has 0 radical (unpaired) electrons. The van der Waals surface area contributed by atoms with Crippen molar-refractivity contribution in [3.05, 3.63) is 35.9 Å². The lowest BCUT2D eigenvalue weighted by Crippen LogP contribution is -2.31. The van der Waals surface area contributed by atoms with Crippen LogP contribution in [-0.2, 0) is 20.7 Å². The van der Waals surface area contributed by atoms with Gasteiger partial charge < -0.3 is 9.47 Å². The molecular weight excluding hydrogens is 234 g/mol. The summed E-state index contributed by atoms with van der Waals surface area (Å²) < 4.78 is 9.66. The number of ether oxygens (including phenoxy) is 2. The van der Waals surface area contributed by atoms with Crippen molar-refractivity contribution in [1.29, 1.82) is 0 Å². The lowest BCUT2D eigenvalue weighted by atomic mass is 10.1. The first-order valence-corrected chi connectivity index (χ1v) is 5.69. The summed E-state index contributed by atoms with van der Waals surface area (Å²) in [4.78, 5) is 21.8. The van der Waals surface area contributed by atoms with E-state index in [1.807, 2.05) is 30.3 Å². The first-order chi connectivity index (χ1) is 8.58. The molecule has 1 unspecified atom stereocenters. The number of nitrogens with one attached hydrogen (secondary N) is 1. The molecule has 5 heteroatoms. The second-order valence-corrected chi connectivity index (χ2v) is 3.86. The molecule has 0 spiro atoms. The number of alkyl carbamates (subject to hydrolysis) is 1. The van der Waals surface area contributed by atoms with E-state index in [0.29, 0.717) is 6.42 Å². The maximum atomic E-state index is 11.3. The maximum absolute atomic E-state index is 11.3. The van der Waals surface area contributed by atoms with Gasteiger partial charge in [0.1, 0.15) is 6.10 Å². The van der Waals surface area contributed by atoms with Crippen LogP contribution in [0.1, 0.15) is 19.4 Å². The SMILES string of the molecule is CC(=O)OCNC(=O)OC(C)Cc1ccccc1. The predicted octanol–water partition coefficient (Wildman–Crippen LogP) is 1.86. The Balaban J connectivity index is 2.25. The highest BCUT2D eigenvalue weighted by atomic mass is 16.6. The van der Waals surface area contributed by atoms with E-state index in [9.17, 15) is 9.59 Å². The molecule has 18 heavy (non-hydrogen) atoms. The molecule has 0 aliphatic rings. The summed E-state index contributed by atoms with van der Waals surface area (Å²) in [5.41, 5.74) is 1.10. The van der Waals surface area contributed by atoms with Gasteiger partial charge in [-0.3, -0.25) is 10.1 Å². The van der Waals surface area contributed by atoms with Crippen molar-refractivity contribution in [1.82, 2.24) is 5.32 Å². The minimum atomic E-state index is -0.598. The van der Waals surface area contributed by atoms with Gasteiger partial charge in [-0.25, -0.2) is 4.79 Å². The van der Waals surface area contributed by atoms with Crippen LogP contribution in [0.25, 0.3) is 0 Å². The molecule has 1 N–H and O–H groups in total. The maximum Gasteiger partial charge on any atom is 0.410 e. The van der Waals surface area contributed by atoms with Crippen LogP contribution in [0.15, 0.2) is 30.3 Å². The Bertz CT molecular complexity index is 391. The Morgan fingerprint density at radius 3 is 2.56 bits per heavy atom. The molecule has 1 amide bonds. The molecule has 98 valence electrons. The molecule has 0 aromatic heterocycles. The zero-order valence-corrected chi connectivity index (χ0v) is 10.5. The summed E-state index contributed by atoms with van der Waals surface area (Å²) in [6.45, 7) is 2.90. The highest BCUT2D eigenvalue weighted by Gasteiger charge is 2.09. The van der Waals surface area contributed by atoms with E-state index in [1.165, 1.54) is 6.92 Å². The van der Waals surface area contributed by atoms with Crippen LogP contribution in [0.2, 0.25) is 0 Å². The Labute approximate surface area is 106 Å². The van der Waals surface area contributed by atoms with E-state index in [0.717, 1.165) is 5.56 Å². The van der Waals surface area contributed by atoms with Crippen molar-refractivity contribution >= 4 is 12.1 Å². The van der Waals surface area contributed by atoms with E-state index in [1.54, 1.807) is 6.92 Å². The van der Waals surface area contributed by atoms with Crippen LogP contribution in [0.3, 0.4) is 0 Å². The molecule has 1 atom stereocenters. The van der Waals surface area contributed by atoms with Crippen molar-refractivity contribution in [3.8, 4) is 0 Å². The van der Waals surface area contributed by atoms with Crippen molar-refractivity contribution in [2.75, 3.05) is 6.73 Å². The number of hydrogen-bond acceptors (Lipinski definition) is 4. The molecule has 0 aliphatic heterocycles. The first-order valence-electron chi connectivity index (χ1n) is 5.69.